The molecule has 0 aliphatic heterocycles. The molecule has 12 heavy (non-hydrogen) atoms. The molecule has 3 heteroatoms. The zero-order valence-corrected chi connectivity index (χ0v) is 7.88. The molecule has 0 bridgehead atoms. The molecule has 0 amide bonds. The first-order valence-corrected chi connectivity index (χ1v) is 5.11. The summed E-state index contributed by atoms with van der Waals surface area (Å²) in [5.41, 5.74) is 2.18. The van der Waals surface area contributed by atoms with Crippen LogP contribution in [0.5, 0.6) is 0 Å². The van der Waals surface area contributed by atoms with Crippen molar-refractivity contribution in [2.24, 2.45) is 0 Å². The molecule has 66 valence electrons. The summed E-state index contributed by atoms with van der Waals surface area (Å²) in [5.74, 6) is 0. The lowest BCUT2D eigenvalue weighted by atomic mass is 9.91. The van der Waals surface area contributed by atoms with Crippen LogP contribution in [0, 0.1) is 5.13 Å². The van der Waals surface area contributed by atoms with E-state index in [-0.39, 0.29) is 5.13 Å². The van der Waals surface area contributed by atoms with E-state index >= 15 is 0 Å². The van der Waals surface area contributed by atoms with Gasteiger partial charge in [-0.2, -0.15) is 4.39 Å². The molecule has 0 saturated heterocycles. The maximum atomic E-state index is 13.1. The number of likely N-dealkylation sites (N-methyl/N-ethyl adjacent to an activating group) is 1. The topological polar surface area (TPSA) is 12.0 Å². The van der Waals surface area contributed by atoms with E-state index in [0.29, 0.717) is 6.04 Å². The van der Waals surface area contributed by atoms with Crippen molar-refractivity contribution in [3.63, 3.8) is 0 Å². The zero-order valence-electron chi connectivity index (χ0n) is 7.06. The molecule has 1 aliphatic carbocycles. The third kappa shape index (κ3) is 1.27. The van der Waals surface area contributed by atoms with Crippen LogP contribution in [0.3, 0.4) is 0 Å². The molecular weight excluding hydrogens is 173 g/mol. The average molecular weight is 185 g/mol. The van der Waals surface area contributed by atoms with E-state index in [1.807, 2.05) is 12.4 Å². The molecule has 0 radical (unpaired) electrons. The fourth-order valence-electron chi connectivity index (χ4n) is 1.74. The van der Waals surface area contributed by atoms with Gasteiger partial charge in [0.15, 0.2) is 5.13 Å². The Morgan fingerprint density at radius 1 is 1.67 bits per heavy atom. The molecular formula is C9H12FNS. The van der Waals surface area contributed by atoms with E-state index in [2.05, 4.69) is 5.32 Å². The van der Waals surface area contributed by atoms with Gasteiger partial charge in [0, 0.05) is 11.6 Å². The van der Waals surface area contributed by atoms with Crippen LogP contribution in [0.4, 0.5) is 4.39 Å². The summed E-state index contributed by atoms with van der Waals surface area (Å²) in [6.45, 7) is 0. The van der Waals surface area contributed by atoms with Gasteiger partial charge in [-0.05, 0) is 37.3 Å². The van der Waals surface area contributed by atoms with E-state index in [1.165, 1.54) is 16.9 Å². The number of hydrogen-bond acceptors (Lipinski definition) is 2. The normalized spacial score (nSPS) is 22.3. The number of halogens is 1. The highest BCUT2D eigenvalue weighted by Gasteiger charge is 2.21. The molecule has 1 nitrogen and oxygen atoms in total. The van der Waals surface area contributed by atoms with Crippen molar-refractivity contribution in [3.05, 3.63) is 21.6 Å². The van der Waals surface area contributed by atoms with Crippen LogP contribution in [0.25, 0.3) is 0 Å². The molecule has 0 spiro atoms. The zero-order chi connectivity index (χ0) is 8.55. The van der Waals surface area contributed by atoms with Gasteiger partial charge in [-0.25, -0.2) is 0 Å². The van der Waals surface area contributed by atoms with Gasteiger partial charge in [0.2, 0.25) is 0 Å². The fraction of sp³-hybridized carbons (Fsp3) is 0.556. The third-order valence-electron chi connectivity index (χ3n) is 2.55. The Morgan fingerprint density at radius 2 is 2.50 bits per heavy atom. The number of fused-ring (bicyclic) bond motifs is 1. The highest BCUT2D eigenvalue weighted by atomic mass is 32.1. The molecule has 0 saturated carbocycles. The molecule has 1 aromatic heterocycles. The molecule has 1 unspecified atom stereocenters. The Kier molecular flexibility index (Phi) is 2.15. The standard InChI is InChI=1S/C9H12FNS/c1-11-7-3-2-6-5-12-9(10)8(6)4-7/h5,7,11H,2-4H2,1H3. The first-order valence-electron chi connectivity index (χ1n) is 4.23. The smallest absolute Gasteiger partial charge is 0.179 e. The van der Waals surface area contributed by atoms with Crippen LogP contribution in [0.1, 0.15) is 17.5 Å². The van der Waals surface area contributed by atoms with Crippen molar-refractivity contribution >= 4 is 11.3 Å². The highest BCUT2D eigenvalue weighted by molar-refractivity contribution is 7.08. The quantitative estimate of drug-likeness (QED) is 0.705. The second kappa shape index (κ2) is 3.15. The molecule has 0 aromatic carbocycles. The van der Waals surface area contributed by atoms with Gasteiger partial charge >= 0.3 is 0 Å². The molecule has 1 aromatic rings. The van der Waals surface area contributed by atoms with Gasteiger partial charge in [-0.3, -0.25) is 0 Å². The largest absolute Gasteiger partial charge is 0.317 e. The Bertz CT molecular complexity index is 282. The molecule has 1 atom stereocenters. The minimum absolute atomic E-state index is 0.0185. The van der Waals surface area contributed by atoms with Gasteiger partial charge in [0.25, 0.3) is 0 Å². The number of aryl methyl sites for hydroxylation is 1. The van der Waals surface area contributed by atoms with E-state index in [0.717, 1.165) is 24.8 Å². The average Bonchev–Trinajstić information content (AvgIpc) is 2.47. The van der Waals surface area contributed by atoms with Crippen LogP contribution in [-0.2, 0) is 12.8 Å². The van der Waals surface area contributed by atoms with Crippen molar-refractivity contribution in [3.8, 4) is 0 Å². The fourth-order valence-corrected chi connectivity index (χ4v) is 2.60. The lowest BCUT2D eigenvalue weighted by Gasteiger charge is -2.21. The Hall–Kier alpha value is -0.410. The summed E-state index contributed by atoms with van der Waals surface area (Å²) in [4.78, 5) is 0. The number of rotatable bonds is 1. The molecule has 1 heterocycles. The van der Waals surface area contributed by atoms with Crippen molar-refractivity contribution in [1.82, 2.24) is 5.32 Å². The number of nitrogens with one attached hydrogen (secondary N) is 1. The number of thiophene rings is 1. The monoisotopic (exact) mass is 185 g/mol. The molecule has 0 fully saturated rings. The lowest BCUT2D eigenvalue weighted by Crippen LogP contribution is -2.31. The molecule has 1 N–H and O–H groups in total. The SMILES string of the molecule is CNC1CCc2csc(F)c2C1. The van der Waals surface area contributed by atoms with Crippen LogP contribution < -0.4 is 5.32 Å². The summed E-state index contributed by atoms with van der Waals surface area (Å²) >= 11 is 1.24. The summed E-state index contributed by atoms with van der Waals surface area (Å²) < 4.78 is 13.1. The molecule has 2 rings (SSSR count). The number of hydrogen-bond donors (Lipinski definition) is 1. The second-order valence-electron chi connectivity index (χ2n) is 3.24. The van der Waals surface area contributed by atoms with Crippen LogP contribution in [0.15, 0.2) is 5.38 Å². The Labute approximate surface area is 75.6 Å². The summed E-state index contributed by atoms with van der Waals surface area (Å²) in [7, 11) is 1.94. The van der Waals surface area contributed by atoms with E-state index in [4.69, 9.17) is 0 Å². The summed E-state index contributed by atoms with van der Waals surface area (Å²) in [6, 6.07) is 0.474. The van der Waals surface area contributed by atoms with Crippen molar-refractivity contribution < 1.29 is 4.39 Å². The first-order chi connectivity index (χ1) is 5.81. The summed E-state index contributed by atoms with van der Waals surface area (Å²) in [5, 5.41) is 5.17. The van der Waals surface area contributed by atoms with Gasteiger partial charge in [-0.1, -0.05) is 0 Å². The van der Waals surface area contributed by atoms with Crippen LogP contribution in [0.2, 0.25) is 0 Å². The first kappa shape index (κ1) is 8.20. The molecule has 1 aliphatic rings. The van der Waals surface area contributed by atoms with Gasteiger partial charge in [0.05, 0.1) is 0 Å². The van der Waals surface area contributed by atoms with E-state index in [9.17, 15) is 4.39 Å². The van der Waals surface area contributed by atoms with Crippen molar-refractivity contribution in [2.75, 3.05) is 7.05 Å². The Balaban J connectivity index is 2.26. The predicted molar refractivity (Wildman–Crippen MR) is 49.1 cm³/mol. The van der Waals surface area contributed by atoms with Crippen molar-refractivity contribution in [1.29, 1.82) is 0 Å². The second-order valence-corrected chi connectivity index (χ2v) is 4.07. The Morgan fingerprint density at radius 3 is 3.25 bits per heavy atom. The lowest BCUT2D eigenvalue weighted by molar-refractivity contribution is 0.484. The van der Waals surface area contributed by atoms with Crippen molar-refractivity contribution in [2.45, 2.75) is 25.3 Å². The predicted octanol–water partition coefficient (Wildman–Crippen LogP) is 1.96. The highest BCUT2D eigenvalue weighted by Crippen LogP contribution is 2.28. The van der Waals surface area contributed by atoms with E-state index < -0.39 is 0 Å². The van der Waals surface area contributed by atoms with Crippen LogP contribution >= 0.6 is 11.3 Å². The third-order valence-corrected chi connectivity index (χ3v) is 3.41. The van der Waals surface area contributed by atoms with Crippen LogP contribution in [-0.4, -0.2) is 13.1 Å². The minimum Gasteiger partial charge on any atom is -0.317 e. The maximum Gasteiger partial charge on any atom is 0.179 e. The van der Waals surface area contributed by atoms with Gasteiger partial charge in [0.1, 0.15) is 0 Å². The van der Waals surface area contributed by atoms with Gasteiger partial charge < -0.3 is 5.32 Å². The summed E-state index contributed by atoms with van der Waals surface area (Å²) in [6.07, 6.45) is 3.03. The minimum atomic E-state index is 0.0185. The van der Waals surface area contributed by atoms with E-state index in [1.54, 1.807) is 0 Å². The maximum absolute atomic E-state index is 13.1. The van der Waals surface area contributed by atoms with Gasteiger partial charge in [-0.15, -0.1) is 11.3 Å².